The monoisotopic (exact) mass is 303 g/mol. The van der Waals surface area contributed by atoms with Crippen molar-refractivity contribution >= 4 is 29.3 Å². The minimum Gasteiger partial charge on any atom is -0.326 e. The Morgan fingerprint density at radius 3 is 2.96 bits per heavy atom. The highest BCUT2D eigenvalue weighted by molar-refractivity contribution is 6.03. The van der Waals surface area contributed by atoms with Crippen LogP contribution in [-0.2, 0) is 16.0 Å². The molecule has 0 bridgehead atoms. The average Bonchev–Trinajstić information content (AvgIpc) is 2.92. The third kappa shape index (κ3) is 3.44. The fourth-order valence-electron chi connectivity index (χ4n) is 2.37. The van der Waals surface area contributed by atoms with Gasteiger partial charge in [-0.3, -0.25) is 9.59 Å². The minimum atomic E-state index is -0.274. The van der Waals surface area contributed by atoms with E-state index in [-0.39, 0.29) is 11.8 Å². The van der Waals surface area contributed by atoms with Crippen LogP contribution in [0.15, 0.2) is 48.5 Å². The summed E-state index contributed by atoms with van der Waals surface area (Å²) in [6.07, 6.45) is 3.39. The smallest absolute Gasteiger partial charge is 0.248 e. The van der Waals surface area contributed by atoms with Crippen LogP contribution in [0.1, 0.15) is 16.7 Å². The van der Waals surface area contributed by atoms with Gasteiger partial charge in [0.15, 0.2) is 0 Å². The second-order valence-corrected chi connectivity index (χ2v) is 5.16. The number of anilines is 2. The SMILES string of the molecule is N#Cc1cccc(C=CC(=O)Nc2ccc3c(c2)CC(=O)N3)c1. The van der Waals surface area contributed by atoms with Gasteiger partial charge < -0.3 is 10.6 Å². The molecule has 1 heterocycles. The lowest BCUT2D eigenvalue weighted by atomic mass is 10.1. The maximum absolute atomic E-state index is 12.0. The molecule has 0 saturated heterocycles. The highest BCUT2D eigenvalue weighted by Gasteiger charge is 2.17. The van der Waals surface area contributed by atoms with Crippen molar-refractivity contribution in [1.82, 2.24) is 0 Å². The summed E-state index contributed by atoms with van der Waals surface area (Å²) in [6, 6.07) is 14.3. The molecule has 5 heteroatoms. The van der Waals surface area contributed by atoms with Crippen LogP contribution < -0.4 is 10.6 Å². The maximum Gasteiger partial charge on any atom is 0.248 e. The van der Waals surface area contributed by atoms with Gasteiger partial charge in [0.1, 0.15) is 0 Å². The molecule has 3 rings (SSSR count). The zero-order valence-corrected chi connectivity index (χ0v) is 12.2. The summed E-state index contributed by atoms with van der Waals surface area (Å²) in [5.74, 6) is -0.314. The summed E-state index contributed by atoms with van der Waals surface area (Å²) in [4.78, 5) is 23.3. The zero-order chi connectivity index (χ0) is 16.2. The molecule has 0 atom stereocenters. The molecule has 0 unspecified atom stereocenters. The molecular formula is C18H13N3O2. The Morgan fingerprint density at radius 2 is 2.13 bits per heavy atom. The van der Waals surface area contributed by atoms with Crippen LogP contribution in [-0.4, -0.2) is 11.8 Å². The van der Waals surface area contributed by atoms with Crippen LogP contribution in [0.3, 0.4) is 0 Å². The quantitative estimate of drug-likeness (QED) is 0.855. The standard InChI is InChI=1S/C18H13N3O2/c19-11-13-3-1-2-12(8-13)4-7-17(22)20-15-5-6-16-14(9-15)10-18(23)21-16/h1-9H,10H2,(H,20,22)(H,21,23). The third-order valence-electron chi connectivity index (χ3n) is 3.44. The van der Waals surface area contributed by atoms with Crippen molar-refractivity contribution in [2.75, 3.05) is 10.6 Å². The van der Waals surface area contributed by atoms with Gasteiger partial charge in [-0.05, 0) is 47.5 Å². The first-order valence-electron chi connectivity index (χ1n) is 7.06. The largest absolute Gasteiger partial charge is 0.326 e. The molecule has 112 valence electrons. The van der Waals surface area contributed by atoms with Crippen molar-refractivity contribution in [3.63, 3.8) is 0 Å². The van der Waals surface area contributed by atoms with Gasteiger partial charge in [0.2, 0.25) is 11.8 Å². The van der Waals surface area contributed by atoms with Crippen LogP contribution in [0.4, 0.5) is 11.4 Å². The van der Waals surface area contributed by atoms with E-state index in [0.29, 0.717) is 17.7 Å². The number of benzene rings is 2. The van der Waals surface area contributed by atoms with E-state index in [4.69, 9.17) is 5.26 Å². The molecule has 0 fully saturated rings. The van der Waals surface area contributed by atoms with Crippen LogP contribution in [0, 0.1) is 11.3 Å². The van der Waals surface area contributed by atoms with Crippen molar-refractivity contribution in [1.29, 1.82) is 5.26 Å². The summed E-state index contributed by atoms with van der Waals surface area (Å²) in [5.41, 5.74) is 3.63. The first-order chi connectivity index (χ1) is 11.1. The van der Waals surface area contributed by atoms with Gasteiger partial charge in [-0.15, -0.1) is 0 Å². The number of amides is 2. The van der Waals surface area contributed by atoms with Crippen LogP contribution >= 0.6 is 0 Å². The van der Waals surface area contributed by atoms with Gasteiger partial charge in [0, 0.05) is 17.5 Å². The molecule has 0 aromatic heterocycles. The molecule has 1 aliphatic rings. The first-order valence-corrected chi connectivity index (χ1v) is 7.06. The molecule has 2 amide bonds. The second kappa shape index (κ2) is 6.16. The number of rotatable bonds is 3. The van der Waals surface area contributed by atoms with Gasteiger partial charge in [-0.25, -0.2) is 0 Å². The number of carbonyl (C=O) groups excluding carboxylic acids is 2. The fourth-order valence-corrected chi connectivity index (χ4v) is 2.37. The van der Waals surface area contributed by atoms with Crippen molar-refractivity contribution in [3.8, 4) is 6.07 Å². The molecular weight excluding hydrogens is 290 g/mol. The highest BCUT2D eigenvalue weighted by Crippen LogP contribution is 2.25. The fraction of sp³-hybridized carbons (Fsp3) is 0.0556. The van der Waals surface area contributed by atoms with Crippen LogP contribution in [0.25, 0.3) is 6.08 Å². The highest BCUT2D eigenvalue weighted by atomic mass is 16.2. The van der Waals surface area contributed by atoms with Gasteiger partial charge in [0.25, 0.3) is 0 Å². The molecule has 2 aromatic rings. The lowest BCUT2D eigenvalue weighted by molar-refractivity contribution is -0.115. The topological polar surface area (TPSA) is 82.0 Å². The van der Waals surface area contributed by atoms with E-state index in [9.17, 15) is 9.59 Å². The second-order valence-electron chi connectivity index (χ2n) is 5.16. The van der Waals surface area contributed by atoms with E-state index in [2.05, 4.69) is 16.7 Å². The Kier molecular flexibility index (Phi) is 3.89. The number of nitriles is 1. The van der Waals surface area contributed by atoms with Gasteiger partial charge >= 0.3 is 0 Å². The molecule has 23 heavy (non-hydrogen) atoms. The lowest BCUT2D eigenvalue weighted by Crippen LogP contribution is -2.07. The third-order valence-corrected chi connectivity index (χ3v) is 3.44. The Hall–Kier alpha value is -3.39. The summed E-state index contributed by atoms with van der Waals surface area (Å²) < 4.78 is 0. The molecule has 0 radical (unpaired) electrons. The van der Waals surface area contributed by atoms with Gasteiger partial charge in [-0.1, -0.05) is 12.1 Å². The summed E-state index contributed by atoms with van der Waals surface area (Å²) >= 11 is 0. The number of nitrogens with one attached hydrogen (secondary N) is 2. The van der Waals surface area contributed by atoms with Gasteiger partial charge in [0.05, 0.1) is 18.1 Å². The minimum absolute atomic E-state index is 0.0410. The molecule has 5 nitrogen and oxygen atoms in total. The van der Waals surface area contributed by atoms with E-state index in [1.54, 1.807) is 42.5 Å². The number of hydrogen-bond acceptors (Lipinski definition) is 3. The summed E-state index contributed by atoms with van der Waals surface area (Å²) in [7, 11) is 0. The average molecular weight is 303 g/mol. The molecule has 2 N–H and O–H groups in total. The molecule has 2 aromatic carbocycles. The summed E-state index contributed by atoms with van der Waals surface area (Å²) in [5, 5.41) is 14.3. The van der Waals surface area contributed by atoms with E-state index < -0.39 is 0 Å². The normalized spacial score (nSPS) is 12.6. The molecule has 0 saturated carbocycles. The van der Waals surface area contributed by atoms with Crippen molar-refractivity contribution in [2.45, 2.75) is 6.42 Å². The van der Waals surface area contributed by atoms with Crippen LogP contribution in [0.5, 0.6) is 0 Å². The Bertz CT molecular complexity index is 863. The molecule has 0 aliphatic carbocycles. The van der Waals surface area contributed by atoms with E-state index >= 15 is 0 Å². The van der Waals surface area contributed by atoms with Crippen molar-refractivity contribution < 1.29 is 9.59 Å². The molecule has 0 spiro atoms. The predicted molar refractivity (Wildman–Crippen MR) is 87.6 cm³/mol. The van der Waals surface area contributed by atoms with Crippen molar-refractivity contribution in [2.24, 2.45) is 0 Å². The number of fused-ring (bicyclic) bond motifs is 1. The number of nitrogens with zero attached hydrogens (tertiary/aromatic N) is 1. The maximum atomic E-state index is 12.0. The predicted octanol–water partition coefficient (Wildman–Crippen LogP) is 2.70. The first kappa shape index (κ1) is 14.5. The number of carbonyl (C=O) groups is 2. The van der Waals surface area contributed by atoms with Crippen molar-refractivity contribution in [3.05, 3.63) is 65.2 Å². The Labute approximate surface area is 133 Å². The van der Waals surface area contributed by atoms with E-state index in [1.165, 1.54) is 6.08 Å². The Balaban J connectivity index is 1.68. The van der Waals surface area contributed by atoms with E-state index in [1.807, 2.05) is 6.07 Å². The van der Waals surface area contributed by atoms with Gasteiger partial charge in [-0.2, -0.15) is 5.26 Å². The number of hydrogen-bond donors (Lipinski definition) is 2. The lowest BCUT2D eigenvalue weighted by Gasteiger charge is -2.04. The summed E-state index contributed by atoms with van der Waals surface area (Å²) in [6.45, 7) is 0. The van der Waals surface area contributed by atoms with Crippen LogP contribution in [0.2, 0.25) is 0 Å². The zero-order valence-electron chi connectivity index (χ0n) is 12.2. The molecule has 1 aliphatic heterocycles. The Morgan fingerprint density at radius 1 is 1.26 bits per heavy atom. The van der Waals surface area contributed by atoms with E-state index in [0.717, 1.165) is 16.8 Å².